The number of guanidine groups is 1. The standard InChI is InChI=1S/C12H20N4O3.HI/c1-13-12(14-5-7-18-2)16-9-11(17)15-8-10-4-3-6-19-10;/h3-4,6H,5,7-9H2,1-2H3,(H,15,17)(H2,13,14,16);1H. The smallest absolute Gasteiger partial charge is 0.239 e. The highest BCUT2D eigenvalue weighted by molar-refractivity contribution is 14.0. The molecule has 0 fully saturated rings. The van der Waals surface area contributed by atoms with E-state index in [0.29, 0.717) is 25.7 Å². The molecular formula is C12H21IN4O3. The molecule has 0 aromatic carbocycles. The molecule has 0 atom stereocenters. The van der Waals surface area contributed by atoms with E-state index in [1.165, 1.54) is 0 Å². The number of furan rings is 1. The van der Waals surface area contributed by atoms with Gasteiger partial charge in [0.25, 0.3) is 0 Å². The first kappa shape index (κ1) is 18.7. The molecule has 1 aromatic heterocycles. The number of nitrogens with zero attached hydrogens (tertiary/aromatic N) is 1. The molecule has 114 valence electrons. The van der Waals surface area contributed by atoms with Crippen molar-refractivity contribution in [3.8, 4) is 0 Å². The number of amides is 1. The topological polar surface area (TPSA) is 87.9 Å². The van der Waals surface area contributed by atoms with Gasteiger partial charge in [0.05, 0.1) is 26.0 Å². The van der Waals surface area contributed by atoms with E-state index in [1.807, 2.05) is 0 Å². The molecule has 0 unspecified atom stereocenters. The Balaban J connectivity index is 0.00000361. The molecule has 0 aliphatic rings. The highest BCUT2D eigenvalue weighted by Crippen LogP contribution is 1.97. The van der Waals surface area contributed by atoms with E-state index in [-0.39, 0.29) is 36.4 Å². The number of halogens is 1. The van der Waals surface area contributed by atoms with Crippen LogP contribution >= 0.6 is 24.0 Å². The number of aliphatic imine (C=N–C) groups is 1. The molecule has 20 heavy (non-hydrogen) atoms. The molecule has 8 heteroatoms. The Labute approximate surface area is 135 Å². The Kier molecular flexibility index (Phi) is 10.8. The first-order valence-electron chi connectivity index (χ1n) is 5.98. The summed E-state index contributed by atoms with van der Waals surface area (Å²) in [7, 11) is 3.27. The first-order chi connectivity index (χ1) is 9.26. The SMILES string of the molecule is CN=C(NCCOC)NCC(=O)NCc1ccco1.I. The Morgan fingerprint density at radius 1 is 1.40 bits per heavy atom. The lowest BCUT2D eigenvalue weighted by Crippen LogP contribution is -2.43. The second-order valence-corrected chi connectivity index (χ2v) is 3.70. The first-order valence-corrected chi connectivity index (χ1v) is 5.98. The van der Waals surface area contributed by atoms with Gasteiger partial charge in [-0.05, 0) is 12.1 Å². The van der Waals surface area contributed by atoms with Gasteiger partial charge in [-0.1, -0.05) is 0 Å². The molecule has 1 amide bonds. The van der Waals surface area contributed by atoms with Gasteiger partial charge in [-0.25, -0.2) is 0 Å². The van der Waals surface area contributed by atoms with Gasteiger partial charge in [-0.15, -0.1) is 24.0 Å². The fraction of sp³-hybridized carbons (Fsp3) is 0.500. The van der Waals surface area contributed by atoms with Gasteiger partial charge in [0, 0.05) is 20.7 Å². The van der Waals surface area contributed by atoms with Crippen LogP contribution in [0, 0.1) is 0 Å². The molecule has 1 aromatic rings. The average Bonchev–Trinajstić information content (AvgIpc) is 2.93. The van der Waals surface area contributed by atoms with E-state index < -0.39 is 0 Å². The van der Waals surface area contributed by atoms with Crippen molar-refractivity contribution in [1.29, 1.82) is 0 Å². The van der Waals surface area contributed by atoms with Crippen LogP contribution in [0.1, 0.15) is 5.76 Å². The minimum absolute atomic E-state index is 0. The van der Waals surface area contributed by atoms with Crippen LogP contribution in [0.5, 0.6) is 0 Å². The second-order valence-electron chi connectivity index (χ2n) is 3.70. The summed E-state index contributed by atoms with van der Waals surface area (Å²) in [5.74, 6) is 1.15. The summed E-state index contributed by atoms with van der Waals surface area (Å²) in [5.41, 5.74) is 0. The maximum atomic E-state index is 11.6. The molecule has 0 radical (unpaired) electrons. The molecule has 0 spiro atoms. The summed E-state index contributed by atoms with van der Waals surface area (Å²) in [4.78, 5) is 15.5. The zero-order chi connectivity index (χ0) is 13.9. The average molecular weight is 396 g/mol. The third-order valence-corrected chi connectivity index (χ3v) is 2.28. The van der Waals surface area contributed by atoms with Crippen LogP contribution in [0.25, 0.3) is 0 Å². The molecule has 0 saturated carbocycles. The number of methoxy groups -OCH3 is 1. The van der Waals surface area contributed by atoms with Crippen molar-refractivity contribution < 1.29 is 13.9 Å². The van der Waals surface area contributed by atoms with E-state index in [0.717, 1.165) is 5.76 Å². The number of rotatable bonds is 7. The normalized spacial score (nSPS) is 10.6. The fourth-order valence-electron chi connectivity index (χ4n) is 1.32. The quantitative estimate of drug-likeness (QED) is 0.268. The number of carbonyl (C=O) groups excluding carboxylic acids is 1. The van der Waals surface area contributed by atoms with Crippen molar-refractivity contribution in [3.05, 3.63) is 24.2 Å². The van der Waals surface area contributed by atoms with Crippen LogP contribution in [0.2, 0.25) is 0 Å². The molecule has 0 saturated heterocycles. The van der Waals surface area contributed by atoms with Crippen molar-refractivity contribution in [2.75, 3.05) is 33.9 Å². The summed E-state index contributed by atoms with van der Waals surface area (Å²) >= 11 is 0. The number of nitrogens with one attached hydrogen (secondary N) is 3. The molecule has 1 rings (SSSR count). The Hall–Kier alpha value is -1.29. The summed E-state index contributed by atoms with van der Waals surface area (Å²) in [6.07, 6.45) is 1.57. The fourth-order valence-corrected chi connectivity index (χ4v) is 1.32. The van der Waals surface area contributed by atoms with E-state index >= 15 is 0 Å². The highest BCUT2D eigenvalue weighted by atomic mass is 127. The maximum absolute atomic E-state index is 11.6. The van der Waals surface area contributed by atoms with E-state index in [2.05, 4.69) is 20.9 Å². The predicted molar refractivity (Wildman–Crippen MR) is 87.2 cm³/mol. The lowest BCUT2D eigenvalue weighted by Gasteiger charge is -2.11. The van der Waals surface area contributed by atoms with Gasteiger partial charge in [-0.2, -0.15) is 0 Å². The summed E-state index contributed by atoms with van der Waals surface area (Å²) in [6, 6.07) is 3.58. The zero-order valence-corrected chi connectivity index (χ0v) is 14.0. The number of ether oxygens (including phenoxy) is 1. The van der Waals surface area contributed by atoms with Crippen molar-refractivity contribution in [2.24, 2.45) is 4.99 Å². The van der Waals surface area contributed by atoms with Crippen molar-refractivity contribution in [1.82, 2.24) is 16.0 Å². The van der Waals surface area contributed by atoms with E-state index in [9.17, 15) is 4.79 Å². The van der Waals surface area contributed by atoms with Gasteiger partial charge >= 0.3 is 0 Å². The van der Waals surface area contributed by atoms with Crippen molar-refractivity contribution >= 4 is 35.8 Å². The highest BCUT2D eigenvalue weighted by Gasteiger charge is 2.04. The summed E-state index contributed by atoms with van der Waals surface area (Å²) in [6.45, 7) is 1.73. The third kappa shape index (κ3) is 8.00. The van der Waals surface area contributed by atoms with Crippen LogP contribution in [0.4, 0.5) is 0 Å². The minimum Gasteiger partial charge on any atom is -0.467 e. The molecule has 1 heterocycles. The molecule has 3 N–H and O–H groups in total. The van der Waals surface area contributed by atoms with E-state index in [1.54, 1.807) is 32.6 Å². The zero-order valence-electron chi connectivity index (χ0n) is 11.6. The van der Waals surface area contributed by atoms with Crippen molar-refractivity contribution in [3.63, 3.8) is 0 Å². The van der Waals surface area contributed by atoms with Gasteiger partial charge < -0.3 is 25.1 Å². The minimum atomic E-state index is -0.133. The largest absolute Gasteiger partial charge is 0.467 e. The maximum Gasteiger partial charge on any atom is 0.239 e. The lowest BCUT2D eigenvalue weighted by molar-refractivity contribution is -0.120. The van der Waals surface area contributed by atoms with Crippen LogP contribution in [0.15, 0.2) is 27.8 Å². The van der Waals surface area contributed by atoms with E-state index in [4.69, 9.17) is 9.15 Å². The predicted octanol–water partition coefficient (Wildman–Crippen LogP) is 0.325. The molecule has 0 aliphatic carbocycles. The second kappa shape index (κ2) is 11.5. The van der Waals surface area contributed by atoms with Gasteiger partial charge in [0.15, 0.2) is 5.96 Å². The molecular weight excluding hydrogens is 375 g/mol. The number of carbonyl (C=O) groups is 1. The third-order valence-electron chi connectivity index (χ3n) is 2.28. The number of hydrogen-bond acceptors (Lipinski definition) is 4. The van der Waals surface area contributed by atoms with Gasteiger partial charge in [0.2, 0.25) is 5.91 Å². The Morgan fingerprint density at radius 2 is 2.20 bits per heavy atom. The van der Waals surface area contributed by atoms with Crippen LogP contribution in [-0.2, 0) is 16.1 Å². The van der Waals surface area contributed by atoms with Crippen LogP contribution < -0.4 is 16.0 Å². The monoisotopic (exact) mass is 396 g/mol. The lowest BCUT2D eigenvalue weighted by atomic mass is 10.4. The van der Waals surface area contributed by atoms with Crippen LogP contribution in [0.3, 0.4) is 0 Å². The Morgan fingerprint density at radius 3 is 2.80 bits per heavy atom. The Bertz CT molecular complexity index is 395. The molecule has 7 nitrogen and oxygen atoms in total. The number of hydrogen-bond donors (Lipinski definition) is 3. The van der Waals surface area contributed by atoms with Gasteiger partial charge in [0.1, 0.15) is 5.76 Å². The van der Waals surface area contributed by atoms with Crippen molar-refractivity contribution in [2.45, 2.75) is 6.54 Å². The van der Waals surface area contributed by atoms with Gasteiger partial charge in [-0.3, -0.25) is 9.79 Å². The van der Waals surface area contributed by atoms with Crippen LogP contribution in [-0.4, -0.2) is 45.7 Å². The molecule has 0 bridgehead atoms. The molecule has 0 aliphatic heterocycles. The summed E-state index contributed by atoms with van der Waals surface area (Å²) < 4.78 is 10.0. The summed E-state index contributed by atoms with van der Waals surface area (Å²) in [5, 5.41) is 8.64.